The summed E-state index contributed by atoms with van der Waals surface area (Å²) in [5.41, 5.74) is 1.49. The fourth-order valence-electron chi connectivity index (χ4n) is 2.06. The number of carbonyl (C=O) groups is 1. The van der Waals surface area contributed by atoms with E-state index in [-0.39, 0.29) is 18.1 Å². The molecule has 0 aliphatic carbocycles. The zero-order chi connectivity index (χ0) is 15.6. The Morgan fingerprint density at radius 2 is 2.19 bits per heavy atom. The summed E-state index contributed by atoms with van der Waals surface area (Å²) in [5.74, 6) is -0.267. The van der Waals surface area contributed by atoms with Gasteiger partial charge in [0, 0.05) is 13.2 Å². The zero-order valence-corrected chi connectivity index (χ0v) is 12.0. The second-order valence-corrected chi connectivity index (χ2v) is 4.66. The number of aryl methyl sites for hydroxylation is 2. The predicted molar refractivity (Wildman–Crippen MR) is 73.4 cm³/mol. The lowest BCUT2D eigenvalue weighted by molar-refractivity contribution is -0.386. The molecule has 112 valence electrons. The van der Waals surface area contributed by atoms with Crippen molar-refractivity contribution in [3.63, 3.8) is 0 Å². The first-order chi connectivity index (χ1) is 9.90. The van der Waals surface area contributed by atoms with Crippen LogP contribution in [0.5, 0.6) is 0 Å². The quantitative estimate of drug-likeness (QED) is 0.636. The number of carbonyl (C=O) groups excluding carboxylic acids is 1. The first kappa shape index (κ1) is 14.7. The predicted octanol–water partition coefficient (Wildman–Crippen LogP) is 0.458. The van der Waals surface area contributed by atoms with Crippen LogP contribution in [0.15, 0.2) is 12.3 Å². The summed E-state index contributed by atoms with van der Waals surface area (Å²) in [4.78, 5) is 22.3. The van der Waals surface area contributed by atoms with Crippen molar-refractivity contribution in [3.8, 4) is 0 Å². The summed E-state index contributed by atoms with van der Waals surface area (Å²) >= 11 is 0. The smallest absolute Gasteiger partial charge is 0.312 e. The fourth-order valence-corrected chi connectivity index (χ4v) is 2.06. The number of hydrogen-bond donors (Lipinski definition) is 1. The van der Waals surface area contributed by atoms with Gasteiger partial charge in [-0.15, -0.1) is 0 Å². The molecule has 0 unspecified atom stereocenters. The van der Waals surface area contributed by atoms with Gasteiger partial charge in [-0.3, -0.25) is 24.3 Å². The largest absolute Gasteiger partial charge is 0.349 e. The molecule has 1 N–H and O–H groups in total. The Hall–Kier alpha value is -2.71. The molecule has 0 atom stereocenters. The maximum atomic E-state index is 11.9. The molecule has 9 nitrogen and oxygen atoms in total. The van der Waals surface area contributed by atoms with Crippen molar-refractivity contribution in [3.05, 3.63) is 39.5 Å². The van der Waals surface area contributed by atoms with E-state index in [1.165, 1.54) is 4.68 Å². The van der Waals surface area contributed by atoms with Crippen molar-refractivity contribution < 1.29 is 9.72 Å². The lowest BCUT2D eigenvalue weighted by Gasteiger charge is -2.06. The van der Waals surface area contributed by atoms with Gasteiger partial charge in [-0.2, -0.15) is 10.2 Å². The van der Waals surface area contributed by atoms with E-state index in [0.717, 1.165) is 5.69 Å². The van der Waals surface area contributed by atoms with E-state index in [2.05, 4.69) is 15.5 Å². The van der Waals surface area contributed by atoms with Crippen LogP contribution in [0.2, 0.25) is 0 Å². The summed E-state index contributed by atoms with van der Waals surface area (Å²) in [7, 11) is 1.78. The van der Waals surface area contributed by atoms with Crippen molar-refractivity contribution in [2.45, 2.75) is 26.9 Å². The molecule has 0 saturated carbocycles. The Morgan fingerprint density at radius 1 is 1.48 bits per heavy atom. The van der Waals surface area contributed by atoms with Crippen LogP contribution in [0.1, 0.15) is 17.1 Å². The van der Waals surface area contributed by atoms with Gasteiger partial charge in [-0.25, -0.2) is 0 Å². The minimum atomic E-state index is -0.484. The Labute approximate surface area is 120 Å². The molecule has 0 aliphatic heterocycles. The van der Waals surface area contributed by atoms with Crippen molar-refractivity contribution in [1.82, 2.24) is 24.9 Å². The molecule has 0 fully saturated rings. The number of rotatable bonds is 5. The van der Waals surface area contributed by atoms with Crippen LogP contribution in [-0.4, -0.2) is 30.4 Å². The van der Waals surface area contributed by atoms with Crippen LogP contribution < -0.4 is 5.32 Å². The maximum Gasteiger partial charge on any atom is 0.312 e. The fraction of sp³-hybridized carbons (Fsp3) is 0.417. The Morgan fingerprint density at radius 3 is 2.71 bits per heavy atom. The van der Waals surface area contributed by atoms with Gasteiger partial charge in [-0.05, 0) is 19.9 Å². The minimum Gasteiger partial charge on any atom is -0.349 e. The first-order valence-corrected chi connectivity index (χ1v) is 6.32. The molecule has 0 bridgehead atoms. The molecule has 2 heterocycles. The molecule has 0 aromatic carbocycles. The molecule has 1 amide bonds. The number of nitro groups is 1. The summed E-state index contributed by atoms with van der Waals surface area (Å²) in [6.45, 7) is 3.41. The molecule has 0 radical (unpaired) electrons. The highest BCUT2D eigenvalue weighted by Gasteiger charge is 2.22. The van der Waals surface area contributed by atoms with E-state index >= 15 is 0 Å². The second-order valence-electron chi connectivity index (χ2n) is 4.66. The number of nitrogens with zero attached hydrogens (tertiary/aromatic N) is 5. The molecule has 21 heavy (non-hydrogen) atoms. The average Bonchev–Trinajstić information content (AvgIpc) is 2.91. The zero-order valence-electron chi connectivity index (χ0n) is 12.0. The monoisotopic (exact) mass is 292 g/mol. The summed E-state index contributed by atoms with van der Waals surface area (Å²) in [6.07, 6.45) is 1.64. The number of hydrogen-bond acceptors (Lipinski definition) is 5. The minimum absolute atomic E-state index is 0.0468. The van der Waals surface area contributed by atoms with Crippen LogP contribution in [-0.2, 0) is 24.9 Å². The molecular formula is C12H16N6O3. The number of aromatic nitrogens is 4. The maximum absolute atomic E-state index is 11.9. The second kappa shape index (κ2) is 5.73. The van der Waals surface area contributed by atoms with Crippen LogP contribution in [0.25, 0.3) is 0 Å². The van der Waals surface area contributed by atoms with Crippen LogP contribution in [0.4, 0.5) is 5.69 Å². The molecule has 0 spiro atoms. The van der Waals surface area contributed by atoms with Crippen molar-refractivity contribution in [2.24, 2.45) is 7.05 Å². The average molecular weight is 292 g/mol. The van der Waals surface area contributed by atoms with Crippen LogP contribution >= 0.6 is 0 Å². The van der Waals surface area contributed by atoms with Gasteiger partial charge in [0.05, 0.1) is 17.2 Å². The van der Waals surface area contributed by atoms with Crippen LogP contribution in [0, 0.1) is 24.0 Å². The summed E-state index contributed by atoms with van der Waals surface area (Å²) < 4.78 is 3.00. The van der Waals surface area contributed by atoms with Gasteiger partial charge in [0.15, 0.2) is 0 Å². The number of amides is 1. The molecule has 0 saturated heterocycles. The van der Waals surface area contributed by atoms with E-state index in [4.69, 9.17) is 0 Å². The summed E-state index contributed by atoms with van der Waals surface area (Å²) in [6, 6.07) is 1.80. The van der Waals surface area contributed by atoms with Crippen LogP contribution in [0.3, 0.4) is 0 Å². The van der Waals surface area contributed by atoms with E-state index < -0.39 is 4.92 Å². The van der Waals surface area contributed by atoms with E-state index in [0.29, 0.717) is 17.9 Å². The van der Waals surface area contributed by atoms with E-state index in [1.807, 2.05) is 0 Å². The normalized spacial score (nSPS) is 10.6. The first-order valence-electron chi connectivity index (χ1n) is 6.32. The molecule has 2 aromatic rings. The van der Waals surface area contributed by atoms with Gasteiger partial charge < -0.3 is 5.32 Å². The highest BCUT2D eigenvalue weighted by Crippen LogP contribution is 2.21. The van der Waals surface area contributed by atoms with Crippen molar-refractivity contribution >= 4 is 11.6 Å². The van der Waals surface area contributed by atoms with Gasteiger partial charge >= 0.3 is 5.69 Å². The lowest BCUT2D eigenvalue weighted by atomic mass is 10.3. The van der Waals surface area contributed by atoms with Gasteiger partial charge in [-0.1, -0.05) is 0 Å². The van der Waals surface area contributed by atoms with Gasteiger partial charge in [0.1, 0.15) is 17.9 Å². The van der Waals surface area contributed by atoms with E-state index in [1.54, 1.807) is 37.8 Å². The third-order valence-electron chi connectivity index (χ3n) is 3.21. The number of nitrogens with one attached hydrogen (secondary N) is 1. The van der Waals surface area contributed by atoms with Gasteiger partial charge in [0.2, 0.25) is 5.91 Å². The lowest BCUT2D eigenvalue weighted by Crippen LogP contribution is -2.28. The molecule has 9 heteroatoms. The molecular weight excluding hydrogens is 276 g/mol. The molecule has 2 aromatic heterocycles. The topological polar surface area (TPSA) is 108 Å². The highest BCUT2D eigenvalue weighted by molar-refractivity contribution is 5.75. The SMILES string of the molecule is Cc1nn(CC(=O)NCc2ccnn2C)c(C)c1[N+](=O)[O-]. The molecule has 2 rings (SSSR count). The standard InChI is InChI=1S/C12H16N6O3/c1-8-12(18(20)21)9(2)17(15-8)7-11(19)13-6-10-4-5-14-16(10)3/h4-5H,6-7H2,1-3H3,(H,13,19). The van der Waals surface area contributed by atoms with Crippen molar-refractivity contribution in [2.75, 3.05) is 0 Å². The summed E-state index contributed by atoms with van der Waals surface area (Å²) in [5, 5.41) is 21.7. The third kappa shape index (κ3) is 3.07. The Bertz CT molecular complexity index is 687. The Kier molecular flexibility index (Phi) is 4.01. The third-order valence-corrected chi connectivity index (χ3v) is 3.21. The molecule has 0 aliphatic rings. The highest BCUT2D eigenvalue weighted by atomic mass is 16.6. The van der Waals surface area contributed by atoms with E-state index in [9.17, 15) is 14.9 Å². The van der Waals surface area contributed by atoms with Crippen molar-refractivity contribution in [1.29, 1.82) is 0 Å². The Balaban J connectivity index is 2.02. The van der Waals surface area contributed by atoms with Gasteiger partial charge in [0.25, 0.3) is 0 Å².